The second kappa shape index (κ2) is 6.17. The van der Waals surface area contributed by atoms with Crippen molar-refractivity contribution in [3.63, 3.8) is 0 Å². The SMILES string of the molecule is O=C(Nc1nnc(-c2cc(Cl)ccc2Cl)o1)c1ccccc1. The number of aromatic nitrogens is 2. The van der Waals surface area contributed by atoms with Crippen molar-refractivity contribution in [3.05, 3.63) is 64.1 Å². The maximum absolute atomic E-state index is 12.0. The first-order valence-corrected chi connectivity index (χ1v) is 7.04. The van der Waals surface area contributed by atoms with Crippen LogP contribution in [0, 0.1) is 0 Å². The quantitative estimate of drug-likeness (QED) is 0.776. The van der Waals surface area contributed by atoms with Crippen LogP contribution < -0.4 is 5.32 Å². The Labute approximate surface area is 135 Å². The average Bonchev–Trinajstić information content (AvgIpc) is 2.99. The number of hydrogen-bond acceptors (Lipinski definition) is 4. The molecule has 110 valence electrons. The summed E-state index contributed by atoms with van der Waals surface area (Å²) in [5, 5.41) is 11.1. The normalized spacial score (nSPS) is 10.5. The molecule has 7 heteroatoms. The van der Waals surface area contributed by atoms with Crippen LogP contribution in [0.25, 0.3) is 11.5 Å². The van der Waals surface area contributed by atoms with Crippen LogP contribution in [-0.2, 0) is 0 Å². The lowest BCUT2D eigenvalue weighted by Gasteiger charge is -2.00. The second-order valence-corrected chi connectivity index (χ2v) is 5.20. The Morgan fingerprint density at radius 3 is 2.59 bits per heavy atom. The second-order valence-electron chi connectivity index (χ2n) is 4.36. The van der Waals surface area contributed by atoms with E-state index in [0.717, 1.165) is 0 Å². The maximum Gasteiger partial charge on any atom is 0.322 e. The van der Waals surface area contributed by atoms with Crippen LogP contribution in [0.4, 0.5) is 6.01 Å². The van der Waals surface area contributed by atoms with E-state index in [1.807, 2.05) is 6.07 Å². The highest BCUT2D eigenvalue weighted by molar-refractivity contribution is 6.35. The fourth-order valence-corrected chi connectivity index (χ4v) is 2.17. The standard InChI is InChI=1S/C15H9Cl2N3O2/c16-10-6-7-12(17)11(8-10)14-19-20-15(22-14)18-13(21)9-4-2-1-3-5-9/h1-8H,(H,18,20,21). The number of nitrogens with zero attached hydrogens (tertiary/aromatic N) is 2. The first kappa shape index (κ1) is 14.6. The van der Waals surface area contributed by atoms with E-state index in [-0.39, 0.29) is 17.8 Å². The number of rotatable bonds is 3. The lowest BCUT2D eigenvalue weighted by atomic mass is 10.2. The van der Waals surface area contributed by atoms with E-state index in [9.17, 15) is 4.79 Å². The molecule has 5 nitrogen and oxygen atoms in total. The van der Waals surface area contributed by atoms with Crippen molar-refractivity contribution in [3.8, 4) is 11.5 Å². The monoisotopic (exact) mass is 333 g/mol. The molecule has 0 spiro atoms. The minimum Gasteiger partial charge on any atom is -0.403 e. The summed E-state index contributed by atoms with van der Waals surface area (Å²) >= 11 is 12.0. The summed E-state index contributed by atoms with van der Waals surface area (Å²) in [6, 6.07) is 13.6. The van der Waals surface area contributed by atoms with Gasteiger partial charge < -0.3 is 4.42 Å². The Balaban J connectivity index is 1.82. The summed E-state index contributed by atoms with van der Waals surface area (Å²) < 4.78 is 5.40. The molecule has 0 fully saturated rings. The van der Waals surface area contributed by atoms with Gasteiger partial charge in [-0.3, -0.25) is 10.1 Å². The molecule has 1 heterocycles. The van der Waals surface area contributed by atoms with E-state index >= 15 is 0 Å². The average molecular weight is 334 g/mol. The van der Waals surface area contributed by atoms with Gasteiger partial charge in [0.25, 0.3) is 11.8 Å². The molecule has 0 aliphatic heterocycles. The molecule has 0 aliphatic rings. The third-order valence-corrected chi connectivity index (χ3v) is 3.40. The summed E-state index contributed by atoms with van der Waals surface area (Å²) in [7, 11) is 0. The molecule has 0 saturated carbocycles. The van der Waals surface area contributed by atoms with Crippen molar-refractivity contribution in [2.45, 2.75) is 0 Å². The molecule has 3 rings (SSSR count). The summed E-state index contributed by atoms with van der Waals surface area (Å²) in [6.07, 6.45) is 0. The third kappa shape index (κ3) is 3.10. The smallest absolute Gasteiger partial charge is 0.322 e. The highest BCUT2D eigenvalue weighted by atomic mass is 35.5. The van der Waals surface area contributed by atoms with E-state index in [1.165, 1.54) is 0 Å². The fraction of sp³-hybridized carbons (Fsp3) is 0. The summed E-state index contributed by atoms with van der Waals surface area (Å²) in [6.45, 7) is 0. The van der Waals surface area contributed by atoms with E-state index in [1.54, 1.807) is 42.5 Å². The van der Waals surface area contributed by atoms with Crippen LogP contribution >= 0.6 is 23.2 Å². The summed E-state index contributed by atoms with van der Waals surface area (Å²) in [5.41, 5.74) is 0.991. The Bertz CT molecular complexity index is 819. The summed E-state index contributed by atoms with van der Waals surface area (Å²) in [5.74, 6) is -0.163. The molecular formula is C15H9Cl2N3O2. The fourth-order valence-electron chi connectivity index (χ4n) is 1.80. The predicted octanol–water partition coefficient (Wildman–Crippen LogP) is 4.30. The van der Waals surface area contributed by atoms with Gasteiger partial charge in [0.05, 0.1) is 10.6 Å². The van der Waals surface area contributed by atoms with Crippen molar-refractivity contribution < 1.29 is 9.21 Å². The maximum atomic E-state index is 12.0. The van der Waals surface area contributed by atoms with Crippen molar-refractivity contribution in [2.24, 2.45) is 0 Å². The molecule has 0 radical (unpaired) electrons. The van der Waals surface area contributed by atoms with Crippen LogP contribution in [0.2, 0.25) is 10.0 Å². The molecule has 1 N–H and O–H groups in total. The Morgan fingerprint density at radius 2 is 1.82 bits per heavy atom. The minimum atomic E-state index is -0.340. The number of carbonyl (C=O) groups excluding carboxylic acids is 1. The van der Waals surface area contributed by atoms with Gasteiger partial charge in [0.1, 0.15) is 0 Å². The van der Waals surface area contributed by atoms with Gasteiger partial charge in [-0.2, -0.15) is 0 Å². The van der Waals surface area contributed by atoms with Crippen LogP contribution in [0.5, 0.6) is 0 Å². The molecule has 0 aliphatic carbocycles. The van der Waals surface area contributed by atoms with Crippen molar-refractivity contribution in [1.29, 1.82) is 0 Å². The molecule has 0 atom stereocenters. The van der Waals surface area contributed by atoms with E-state index in [0.29, 0.717) is 21.2 Å². The molecule has 0 saturated heterocycles. The Hall–Kier alpha value is -2.37. The topological polar surface area (TPSA) is 68.0 Å². The van der Waals surface area contributed by atoms with Gasteiger partial charge in [-0.05, 0) is 30.3 Å². The van der Waals surface area contributed by atoms with E-state index in [4.69, 9.17) is 27.6 Å². The highest BCUT2D eigenvalue weighted by Crippen LogP contribution is 2.30. The Morgan fingerprint density at radius 1 is 1.05 bits per heavy atom. The highest BCUT2D eigenvalue weighted by Gasteiger charge is 2.15. The zero-order valence-corrected chi connectivity index (χ0v) is 12.6. The lowest BCUT2D eigenvalue weighted by molar-refractivity contribution is 0.102. The van der Waals surface area contributed by atoms with Gasteiger partial charge in [0, 0.05) is 10.6 Å². The van der Waals surface area contributed by atoms with Crippen LogP contribution in [0.1, 0.15) is 10.4 Å². The molecule has 3 aromatic rings. The number of nitrogens with one attached hydrogen (secondary N) is 1. The van der Waals surface area contributed by atoms with E-state index in [2.05, 4.69) is 15.5 Å². The van der Waals surface area contributed by atoms with Gasteiger partial charge in [0.2, 0.25) is 0 Å². The molecule has 0 bridgehead atoms. The van der Waals surface area contributed by atoms with Gasteiger partial charge in [-0.25, -0.2) is 0 Å². The number of halogens is 2. The first-order valence-electron chi connectivity index (χ1n) is 6.29. The number of hydrogen-bond donors (Lipinski definition) is 1. The van der Waals surface area contributed by atoms with Crippen molar-refractivity contribution in [2.75, 3.05) is 5.32 Å². The molecule has 2 aromatic carbocycles. The number of carbonyl (C=O) groups is 1. The zero-order chi connectivity index (χ0) is 15.5. The number of amides is 1. The van der Waals surface area contributed by atoms with Crippen LogP contribution in [0.3, 0.4) is 0 Å². The van der Waals surface area contributed by atoms with Crippen molar-refractivity contribution >= 4 is 35.1 Å². The molecule has 0 unspecified atom stereocenters. The van der Waals surface area contributed by atoms with E-state index < -0.39 is 0 Å². The van der Waals surface area contributed by atoms with Crippen LogP contribution in [0.15, 0.2) is 52.9 Å². The zero-order valence-electron chi connectivity index (χ0n) is 11.1. The van der Waals surface area contributed by atoms with Gasteiger partial charge in [-0.1, -0.05) is 46.5 Å². The van der Waals surface area contributed by atoms with Gasteiger partial charge in [-0.15, -0.1) is 5.10 Å². The largest absolute Gasteiger partial charge is 0.403 e. The number of anilines is 1. The third-order valence-electron chi connectivity index (χ3n) is 2.84. The van der Waals surface area contributed by atoms with Gasteiger partial charge >= 0.3 is 6.01 Å². The van der Waals surface area contributed by atoms with Crippen LogP contribution in [-0.4, -0.2) is 16.1 Å². The minimum absolute atomic E-state index is 0.0140. The molecule has 22 heavy (non-hydrogen) atoms. The molecule has 1 aromatic heterocycles. The van der Waals surface area contributed by atoms with Crippen molar-refractivity contribution in [1.82, 2.24) is 10.2 Å². The molecule has 1 amide bonds. The Kier molecular flexibility index (Phi) is 4.09. The summed E-state index contributed by atoms with van der Waals surface area (Å²) in [4.78, 5) is 12.0. The number of benzene rings is 2. The first-order chi connectivity index (χ1) is 10.6. The lowest BCUT2D eigenvalue weighted by Crippen LogP contribution is -2.11. The van der Waals surface area contributed by atoms with Gasteiger partial charge in [0.15, 0.2) is 0 Å². The molecular weight excluding hydrogens is 325 g/mol. The predicted molar refractivity (Wildman–Crippen MR) is 84.1 cm³/mol.